The molecule has 1 saturated heterocycles. The standard InChI is InChI=1S/C28H41N3O4/c1-19(2)23-7-8-26(29-16-23)31-11-9-22(10-12-31)6-5-13-35-25-14-20(3)27(21(4)15-25)28(34)30-17-24(33)18-32/h7-8,14-16,19,22,24,32-33H,5-6,9-13,17-18H2,1-4H3,(H,30,34)/t24-/m0/s1. The first-order chi connectivity index (χ1) is 16.8. The van der Waals surface area contributed by atoms with Crippen molar-refractivity contribution >= 4 is 11.7 Å². The molecule has 1 fully saturated rings. The summed E-state index contributed by atoms with van der Waals surface area (Å²) in [6.45, 7) is 10.6. The average Bonchev–Trinajstić information content (AvgIpc) is 2.85. The van der Waals surface area contributed by atoms with Gasteiger partial charge in [0.15, 0.2) is 0 Å². The fraction of sp³-hybridized carbons (Fsp3) is 0.571. The normalized spacial score (nSPS) is 15.3. The summed E-state index contributed by atoms with van der Waals surface area (Å²) in [5.41, 5.74) is 3.53. The van der Waals surface area contributed by atoms with E-state index < -0.39 is 6.10 Å². The van der Waals surface area contributed by atoms with Crippen LogP contribution < -0.4 is 15.0 Å². The fourth-order valence-electron chi connectivity index (χ4n) is 4.67. The lowest BCUT2D eigenvalue weighted by atomic mass is 9.92. The molecule has 0 spiro atoms. The molecule has 2 heterocycles. The number of nitrogens with zero attached hydrogens (tertiary/aromatic N) is 2. The Bertz CT molecular complexity index is 930. The zero-order chi connectivity index (χ0) is 25.4. The summed E-state index contributed by atoms with van der Waals surface area (Å²) >= 11 is 0. The van der Waals surface area contributed by atoms with Crippen LogP contribution in [-0.2, 0) is 0 Å². The van der Waals surface area contributed by atoms with E-state index >= 15 is 0 Å². The van der Waals surface area contributed by atoms with E-state index in [1.807, 2.05) is 32.2 Å². The molecule has 0 aliphatic carbocycles. The van der Waals surface area contributed by atoms with Crippen molar-refractivity contribution in [3.63, 3.8) is 0 Å². The summed E-state index contributed by atoms with van der Waals surface area (Å²) in [4.78, 5) is 19.5. The first-order valence-electron chi connectivity index (χ1n) is 12.8. The van der Waals surface area contributed by atoms with E-state index in [1.165, 1.54) is 18.4 Å². The zero-order valence-electron chi connectivity index (χ0n) is 21.6. The van der Waals surface area contributed by atoms with Gasteiger partial charge in [-0.2, -0.15) is 0 Å². The van der Waals surface area contributed by atoms with Crippen molar-refractivity contribution in [3.05, 3.63) is 52.7 Å². The SMILES string of the molecule is Cc1cc(OCCCC2CCN(c3ccc(C(C)C)cn3)CC2)cc(C)c1C(=O)NC[C@H](O)CO. The van der Waals surface area contributed by atoms with Gasteiger partial charge in [0.1, 0.15) is 11.6 Å². The number of hydrogen-bond donors (Lipinski definition) is 3. The second kappa shape index (κ2) is 12.9. The number of pyridine rings is 1. The van der Waals surface area contributed by atoms with Gasteiger partial charge >= 0.3 is 0 Å². The lowest BCUT2D eigenvalue weighted by Gasteiger charge is -2.33. The number of aliphatic hydroxyl groups is 2. The van der Waals surface area contributed by atoms with Crippen LogP contribution in [0.1, 0.15) is 72.5 Å². The van der Waals surface area contributed by atoms with Crippen LogP contribution in [-0.4, -0.2) is 60.1 Å². The third-order valence-corrected chi connectivity index (χ3v) is 6.84. The van der Waals surface area contributed by atoms with Gasteiger partial charge in [-0.05, 0) is 86.3 Å². The molecule has 3 N–H and O–H groups in total. The summed E-state index contributed by atoms with van der Waals surface area (Å²) in [7, 11) is 0. The number of carbonyl (C=O) groups excluding carboxylic acids is 1. The number of piperidine rings is 1. The maximum absolute atomic E-state index is 12.5. The summed E-state index contributed by atoms with van der Waals surface area (Å²) in [6.07, 6.45) is 5.57. The molecule has 0 bridgehead atoms. The number of carbonyl (C=O) groups is 1. The maximum Gasteiger partial charge on any atom is 0.251 e. The first-order valence-corrected chi connectivity index (χ1v) is 12.8. The molecule has 192 valence electrons. The average molecular weight is 484 g/mol. The Kier molecular flexibility index (Phi) is 9.93. The summed E-state index contributed by atoms with van der Waals surface area (Å²) in [5, 5.41) is 21.0. The van der Waals surface area contributed by atoms with E-state index in [4.69, 9.17) is 9.84 Å². The van der Waals surface area contributed by atoms with Crippen molar-refractivity contribution in [2.75, 3.05) is 37.7 Å². The number of aliphatic hydroxyl groups excluding tert-OH is 2. The minimum atomic E-state index is -0.956. The number of rotatable bonds is 11. The number of nitrogens with one attached hydrogen (secondary N) is 1. The van der Waals surface area contributed by atoms with Gasteiger partial charge < -0.3 is 25.2 Å². The predicted octanol–water partition coefficient (Wildman–Crippen LogP) is 3.98. The van der Waals surface area contributed by atoms with Crippen LogP contribution in [0.4, 0.5) is 5.82 Å². The molecule has 1 aliphatic heterocycles. The van der Waals surface area contributed by atoms with Crippen LogP contribution in [0.3, 0.4) is 0 Å². The van der Waals surface area contributed by atoms with Crippen LogP contribution in [0, 0.1) is 19.8 Å². The van der Waals surface area contributed by atoms with Crippen LogP contribution in [0.5, 0.6) is 5.75 Å². The fourth-order valence-corrected chi connectivity index (χ4v) is 4.67. The highest BCUT2D eigenvalue weighted by atomic mass is 16.5. The third kappa shape index (κ3) is 7.67. The topological polar surface area (TPSA) is 94.9 Å². The Morgan fingerprint density at radius 2 is 1.89 bits per heavy atom. The second-order valence-electron chi connectivity index (χ2n) is 10.0. The molecule has 1 atom stereocenters. The molecule has 0 unspecified atom stereocenters. The Hall–Kier alpha value is -2.64. The van der Waals surface area contributed by atoms with Crippen molar-refractivity contribution in [2.24, 2.45) is 5.92 Å². The van der Waals surface area contributed by atoms with Gasteiger partial charge in [-0.1, -0.05) is 19.9 Å². The second-order valence-corrected chi connectivity index (χ2v) is 10.0. The minimum Gasteiger partial charge on any atom is -0.494 e. The predicted molar refractivity (Wildman–Crippen MR) is 139 cm³/mol. The molecule has 7 heteroatoms. The lowest BCUT2D eigenvalue weighted by molar-refractivity contribution is 0.0801. The van der Waals surface area contributed by atoms with Gasteiger partial charge in [-0.15, -0.1) is 0 Å². The number of anilines is 1. The van der Waals surface area contributed by atoms with Crippen LogP contribution in [0.25, 0.3) is 0 Å². The number of aryl methyl sites for hydroxylation is 2. The lowest BCUT2D eigenvalue weighted by Crippen LogP contribution is -2.34. The molecule has 2 aromatic rings. The third-order valence-electron chi connectivity index (χ3n) is 6.84. The highest BCUT2D eigenvalue weighted by Crippen LogP contribution is 2.27. The molecular formula is C28H41N3O4. The van der Waals surface area contributed by atoms with E-state index in [1.54, 1.807) is 0 Å². The van der Waals surface area contributed by atoms with Gasteiger partial charge in [-0.3, -0.25) is 4.79 Å². The molecule has 0 radical (unpaired) electrons. The number of hydrogen-bond acceptors (Lipinski definition) is 6. The summed E-state index contributed by atoms with van der Waals surface area (Å²) in [6, 6.07) is 8.13. The molecule has 0 saturated carbocycles. The van der Waals surface area contributed by atoms with Gasteiger partial charge in [-0.25, -0.2) is 4.98 Å². The van der Waals surface area contributed by atoms with Crippen molar-refractivity contribution < 1.29 is 19.7 Å². The van der Waals surface area contributed by atoms with Crippen molar-refractivity contribution in [1.29, 1.82) is 0 Å². The van der Waals surface area contributed by atoms with Crippen molar-refractivity contribution in [1.82, 2.24) is 10.3 Å². The first kappa shape index (κ1) is 27.0. The summed E-state index contributed by atoms with van der Waals surface area (Å²) in [5.74, 6) is 2.83. The Morgan fingerprint density at radius 3 is 2.46 bits per heavy atom. The van der Waals surface area contributed by atoms with E-state index in [0.29, 0.717) is 24.0 Å². The molecule has 3 rings (SSSR count). The molecule has 1 aromatic heterocycles. The number of aromatic nitrogens is 1. The van der Waals surface area contributed by atoms with Gasteiger partial charge in [0.05, 0.1) is 19.3 Å². The van der Waals surface area contributed by atoms with Crippen LogP contribution >= 0.6 is 0 Å². The highest BCUT2D eigenvalue weighted by Gasteiger charge is 2.20. The number of benzene rings is 1. The molecule has 35 heavy (non-hydrogen) atoms. The van der Waals surface area contributed by atoms with Crippen molar-refractivity contribution in [3.8, 4) is 5.75 Å². The Balaban J connectivity index is 1.40. The van der Waals surface area contributed by atoms with E-state index in [9.17, 15) is 9.90 Å². The quantitative estimate of drug-likeness (QED) is 0.419. The van der Waals surface area contributed by atoms with E-state index in [-0.39, 0.29) is 19.1 Å². The Morgan fingerprint density at radius 1 is 1.20 bits per heavy atom. The van der Waals surface area contributed by atoms with Gasteiger partial charge in [0.2, 0.25) is 0 Å². The molecule has 1 amide bonds. The van der Waals surface area contributed by atoms with Gasteiger partial charge in [0, 0.05) is 31.4 Å². The van der Waals surface area contributed by atoms with Crippen LogP contribution in [0.2, 0.25) is 0 Å². The minimum absolute atomic E-state index is 0.0202. The number of amides is 1. The zero-order valence-corrected chi connectivity index (χ0v) is 21.6. The largest absolute Gasteiger partial charge is 0.494 e. The van der Waals surface area contributed by atoms with E-state index in [2.05, 4.69) is 41.2 Å². The van der Waals surface area contributed by atoms with Crippen molar-refractivity contribution in [2.45, 2.75) is 65.4 Å². The molecule has 7 nitrogen and oxygen atoms in total. The highest BCUT2D eigenvalue weighted by molar-refractivity contribution is 5.97. The van der Waals surface area contributed by atoms with Gasteiger partial charge in [0.25, 0.3) is 5.91 Å². The smallest absolute Gasteiger partial charge is 0.251 e. The molecular weight excluding hydrogens is 442 g/mol. The van der Waals surface area contributed by atoms with Crippen LogP contribution in [0.15, 0.2) is 30.5 Å². The molecule has 1 aliphatic rings. The monoisotopic (exact) mass is 483 g/mol. The van der Waals surface area contributed by atoms with E-state index in [0.717, 1.165) is 48.6 Å². The molecule has 1 aromatic carbocycles. The Labute approximate surface area is 209 Å². The number of ether oxygens (including phenoxy) is 1. The maximum atomic E-state index is 12.5. The summed E-state index contributed by atoms with van der Waals surface area (Å²) < 4.78 is 6.00.